The number of carboxylic acids is 1. The molecule has 0 aliphatic rings. The van der Waals surface area contributed by atoms with E-state index in [0.717, 1.165) is 0 Å². The highest BCUT2D eigenvalue weighted by Crippen LogP contribution is 2.31. The van der Waals surface area contributed by atoms with Crippen LogP contribution >= 0.6 is 47.0 Å². The van der Waals surface area contributed by atoms with E-state index < -0.39 is 11.9 Å². The number of benzene rings is 2. The van der Waals surface area contributed by atoms with Crippen LogP contribution in [0.2, 0.25) is 15.1 Å². The normalized spacial score (nSPS) is 10.4. The quantitative estimate of drug-likeness (QED) is 0.423. The van der Waals surface area contributed by atoms with Crippen LogP contribution in [-0.2, 0) is 0 Å². The molecule has 0 radical (unpaired) electrons. The molecule has 0 fully saturated rings. The van der Waals surface area contributed by atoms with E-state index in [1.165, 1.54) is 24.3 Å². The summed E-state index contributed by atoms with van der Waals surface area (Å²) in [6.07, 6.45) is 0. The monoisotopic (exact) mass is 468 g/mol. The molecular formula is C19H11Cl3N2O4S. The average Bonchev–Trinajstić information content (AvgIpc) is 3.13. The third-order valence-electron chi connectivity index (χ3n) is 3.71. The fourth-order valence-corrected chi connectivity index (χ4v) is 3.24. The van der Waals surface area contributed by atoms with E-state index in [0.29, 0.717) is 27.1 Å². The maximum atomic E-state index is 12.4. The standard InChI is InChI=1S/C19H11Cl3N2O4S/c20-9-1-4-13(21)12(7-9)15-5-6-16(28-15)17(25)24-19(29)23-10-2-3-11(18(26)27)14(22)8-10/h1-8H,(H,26,27)(H2,23,24,25,29). The number of nitrogens with one attached hydrogen (secondary N) is 2. The summed E-state index contributed by atoms with van der Waals surface area (Å²) in [5, 5.41) is 15.1. The first kappa shape index (κ1) is 21.1. The summed E-state index contributed by atoms with van der Waals surface area (Å²) in [7, 11) is 0. The second-order valence-corrected chi connectivity index (χ2v) is 7.36. The van der Waals surface area contributed by atoms with Crippen molar-refractivity contribution in [2.45, 2.75) is 0 Å². The molecule has 0 bridgehead atoms. The highest BCUT2D eigenvalue weighted by molar-refractivity contribution is 7.80. The van der Waals surface area contributed by atoms with Crippen molar-refractivity contribution in [3.63, 3.8) is 0 Å². The number of thiocarbonyl (C=S) groups is 1. The molecule has 3 N–H and O–H groups in total. The Morgan fingerprint density at radius 1 is 0.966 bits per heavy atom. The molecule has 3 aromatic rings. The molecule has 2 aromatic carbocycles. The van der Waals surface area contributed by atoms with Crippen molar-refractivity contribution in [2.24, 2.45) is 0 Å². The highest BCUT2D eigenvalue weighted by Gasteiger charge is 2.16. The van der Waals surface area contributed by atoms with Gasteiger partial charge in [0.05, 0.1) is 15.6 Å². The lowest BCUT2D eigenvalue weighted by atomic mass is 10.2. The molecule has 6 nitrogen and oxygen atoms in total. The zero-order valence-corrected chi connectivity index (χ0v) is 17.4. The summed E-state index contributed by atoms with van der Waals surface area (Å²) in [5.74, 6) is -1.34. The molecule has 0 spiro atoms. The number of carboxylic acid groups (broad SMARTS) is 1. The smallest absolute Gasteiger partial charge is 0.337 e. The van der Waals surface area contributed by atoms with Gasteiger partial charge in [0.15, 0.2) is 10.9 Å². The molecule has 1 aromatic heterocycles. The molecule has 0 aliphatic carbocycles. The van der Waals surface area contributed by atoms with Gasteiger partial charge in [-0.2, -0.15) is 0 Å². The van der Waals surface area contributed by atoms with E-state index in [4.69, 9.17) is 56.5 Å². The Bertz CT molecular complexity index is 1130. The van der Waals surface area contributed by atoms with Gasteiger partial charge in [0.1, 0.15) is 5.76 Å². The molecule has 3 rings (SSSR count). The van der Waals surface area contributed by atoms with E-state index in [1.807, 2.05) is 0 Å². The van der Waals surface area contributed by atoms with Crippen molar-refractivity contribution < 1.29 is 19.1 Å². The number of hydrogen-bond donors (Lipinski definition) is 3. The number of hydrogen-bond acceptors (Lipinski definition) is 4. The van der Waals surface area contributed by atoms with Crippen LogP contribution in [0.5, 0.6) is 0 Å². The van der Waals surface area contributed by atoms with Gasteiger partial charge in [0.25, 0.3) is 5.91 Å². The SMILES string of the molecule is O=C(NC(=S)Nc1ccc(C(=O)O)c(Cl)c1)c1ccc(-c2cc(Cl)ccc2Cl)o1. The van der Waals surface area contributed by atoms with Gasteiger partial charge in [-0.05, 0) is 60.7 Å². The Kier molecular flexibility index (Phi) is 6.44. The predicted octanol–water partition coefficient (Wildman–Crippen LogP) is 5.73. The number of furan rings is 1. The number of aromatic carboxylic acids is 1. The van der Waals surface area contributed by atoms with Crippen molar-refractivity contribution in [1.29, 1.82) is 0 Å². The summed E-state index contributed by atoms with van der Waals surface area (Å²) in [6, 6.07) is 12.1. The van der Waals surface area contributed by atoms with Crippen molar-refractivity contribution in [1.82, 2.24) is 5.32 Å². The molecule has 1 heterocycles. The van der Waals surface area contributed by atoms with E-state index in [2.05, 4.69) is 10.6 Å². The second-order valence-electron chi connectivity index (χ2n) is 5.70. The van der Waals surface area contributed by atoms with Crippen LogP contribution in [-0.4, -0.2) is 22.1 Å². The van der Waals surface area contributed by atoms with Crippen molar-refractivity contribution in [2.75, 3.05) is 5.32 Å². The number of carbonyl (C=O) groups is 2. The largest absolute Gasteiger partial charge is 0.478 e. The fourth-order valence-electron chi connectivity index (χ4n) is 2.38. The van der Waals surface area contributed by atoms with Gasteiger partial charge < -0.3 is 14.8 Å². The molecule has 29 heavy (non-hydrogen) atoms. The maximum absolute atomic E-state index is 12.4. The summed E-state index contributed by atoms with van der Waals surface area (Å²) in [4.78, 5) is 23.3. The lowest BCUT2D eigenvalue weighted by Gasteiger charge is -2.09. The van der Waals surface area contributed by atoms with E-state index in [1.54, 1.807) is 24.3 Å². The average molecular weight is 470 g/mol. The highest BCUT2D eigenvalue weighted by atomic mass is 35.5. The maximum Gasteiger partial charge on any atom is 0.337 e. The first-order valence-electron chi connectivity index (χ1n) is 7.95. The Morgan fingerprint density at radius 3 is 2.41 bits per heavy atom. The third-order valence-corrected chi connectivity index (χ3v) is 4.79. The Labute approximate surface area is 185 Å². The number of rotatable bonds is 4. The van der Waals surface area contributed by atoms with Gasteiger partial charge in [-0.25, -0.2) is 4.79 Å². The molecule has 0 saturated carbocycles. The van der Waals surface area contributed by atoms with Gasteiger partial charge in [0, 0.05) is 16.3 Å². The lowest BCUT2D eigenvalue weighted by Crippen LogP contribution is -2.33. The van der Waals surface area contributed by atoms with Gasteiger partial charge in [-0.1, -0.05) is 34.8 Å². The number of amides is 1. The lowest BCUT2D eigenvalue weighted by molar-refractivity contribution is 0.0697. The first-order valence-corrected chi connectivity index (χ1v) is 9.49. The molecular weight excluding hydrogens is 459 g/mol. The molecule has 148 valence electrons. The van der Waals surface area contributed by atoms with Crippen molar-refractivity contribution >= 4 is 69.7 Å². The van der Waals surface area contributed by atoms with Crippen LogP contribution < -0.4 is 10.6 Å². The summed E-state index contributed by atoms with van der Waals surface area (Å²) < 4.78 is 5.55. The number of anilines is 1. The second kappa shape index (κ2) is 8.84. The Balaban J connectivity index is 1.68. The number of halogens is 3. The third kappa shape index (κ3) is 5.07. The molecule has 0 saturated heterocycles. The minimum absolute atomic E-state index is 0.0134. The van der Waals surface area contributed by atoms with E-state index in [9.17, 15) is 9.59 Å². The molecule has 0 atom stereocenters. The van der Waals surface area contributed by atoms with E-state index >= 15 is 0 Å². The van der Waals surface area contributed by atoms with Crippen LogP contribution in [0, 0.1) is 0 Å². The van der Waals surface area contributed by atoms with Crippen LogP contribution in [0.1, 0.15) is 20.9 Å². The minimum Gasteiger partial charge on any atom is -0.478 e. The van der Waals surface area contributed by atoms with Gasteiger partial charge in [-0.3, -0.25) is 10.1 Å². The van der Waals surface area contributed by atoms with Gasteiger partial charge >= 0.3 is 5.97 Å². The Hall–Kier alpha value is -2.58. The zero-order chi connectivity index (χ0) is 21.1. The molecule has 0 unspecified atom stereocenters. The van der Waals surface area contributed by atoms with Crippen LogP contribution in [0.4, 0.5) is 5.69 Å². The van der Waals surface area contributed by atoms with Gasteiger partial charge in [0.2, 0.25) is 0 Å². The van der Waals surface area contributed by atoms with Crippen molar-refractivity contribution in [3.05, 3.63) is 74.9 Å². The van der Waals surface area contributed by atoms with Crippen LogP contribution in [0.25, 0.3) is 11.3 Å². The summed E-state index contributed by atoms with van der Waals surface area (Å²) in [5.41, 5.74) is 0.915. The molecule has 1 amide bonds. The van der Waals surface area contributed by atoms with Gasteiger partial charge in [-0.15, -0.1) is 0 Å². The Morgan fingerprint density at radius 2 is 1.72 bits per heavy atom. The summed E-state index contributed by atoms with van der Waals surface area (Å²) in [6.45, 7) is 0. The van der Waals surface area contributed by atoms with Crippen LogP contribution in [0.15, 0.2) is 52.9 Å². The van der Waals surface area contributed by atoms with Crippen molar-refractivity contribution in [3.8, 4) is 11.3 Å². The van der Waals surface area contributed by atoms with Crippen LogP contribution in [0.3, 0.4) is 0 Å². The topological polar surface area (TPSA) is 91.6 Å². The molecule has 10 heteroatoms. The minimum atomic E-state index is -1.15. The predicted molar refractivity (Wildman–Crippen MR) is 116 cm³/mol. The first-order chi connectivity index (χ1) is 13.7. The fraction of sp³-hybridized carbons (Fsp3) is 0. The summed E-state index contributed by atoms with van der Waals surface area (Å²) >= 11 is 23.1. The number of carbonyl (C=O) groups excluding carboxylic acids is 1. The molecule has 0 aliphatic heterocycles. The zero-order valence-electron chi connectivity index (χ0n) is 14.3. The van der Waals surface area contributed by atoms with E-state index in [-0.39, 0.29) is 21.5 Å².